The molecule has 0 saturated heterocycles. The molecule has 0 spiro atoms. The van der Waals surface area contributed by atoms with Gasteiger partial charge in [-0.15, -0.1) is 0 Å². The SMILES string of the molecule is COc1cc(C(=O)Nc2ccc3c(c2)N(C(=O)CC[NH+](C)C)c2ccccc2CC3)cc(OC)c1OC.[Cl-]. The summed E-state index contributed by atoms with van der Waals surface area (Å²) in [6.45, 7) is 0.727. The Morgan fingerprint density at radius 1 is 0.868 bits per heavy atom. The topological polar surface area (TPSA) is 81.5 Å². The Kier molecular flexibility index (Phi) is 9.61. The third-order valence-electron chi connectivity index (χ3n) is 6.50. The highest BCUT2D eigenvalue weighted by Crippen LogP contribution is 2.40. The number of methoxy groups -OCH3 is 3. The number of carbonyl (C=O) groups excluding carboxylic acids is 2. The van der Waals surface area contributed by atoms with Crippen LogP contribution < -0.4 is 41.7 Å². The lowest BCUT2D eigenvalue weighted by molar-refractivity contribution is -0.857. The van der Waals surface area contributed by atoms with E-state index >= 15 is 0 Å². The van der Waals surface area contributed by atoms with Gasteiger partial charge < -0.3 is 36.8 Å². The number of benzene rings is 3. The second-order valence-electron chi connectivity index (χ2n) is 9.28. The zero-order valence-electron chi connectivity index (χ0n) is 22.4. The largest absolute Gasteiger partial charge is 1.00 e. The van der Waals surface area contributed by atoms with Crippen molar-refractivity contribution >= 4 is 28.9 Å². The molecule has 0 saturated carbocycles. The van der Waals surface area contributed by atoms with Gasteiger partial charge in [-0.25, -0.2) is 0 Å². The average molecular weight is 540 g/mol. The molecule has 202 valence electrons. The molecule has 2 N–H and O–H groups in total. The van der Waals surface area contributed by atoms with E-state index in [0.29, 0.717) is 34.9 Å². The second kappa shape index (κ2) is 12.7. The zero-order valence-corrected chi connectivity index (χ0v) is 23.1. The van der Waals surface area contributed by atoms with E-state index in [9.17, 15) is 9.59 Å². The zero-order chi connectivity index (χ0) is 26.5. The molecule has 1 aliphatic rings. The Bertz CT molecular complexity index is 1290. The predicted molar refractivity (Wildman–Crippen MR) is 144 cm³/mol. The summed E-state index contributed by atoms with van der Waals surface area (Å²) < 4.78 is 16.1. The molecule has 8 nitrogen and oxygen atoms in total. The molecule has 2 amide bonds. The molecule has 0 radical (unpaired) electrons. The van der Waals surface area contributed by atoms with Crippen molar-refractivity contribution in [3.8, 4) is 17.2 Å². The van der Waals surface area contributed by atoms with E-state index in [-0.39, 0.29) is 24.2 Å². The fourth-order valence-corrected chi connectivity index (χ4v) is 4.55. The summed E-state index contributed by atoms with van der Waals surface area (Å²) in [5.41, 5.74) is 4.84. The number of hydrogen-bond acceptors (Lipinski definition) is 5. The number of nitrogens with zero attached hydrogens (tertiary/aromatic N) is 1. The monoisotopic (exact) mass is 539 g/mol. The van der Waals surface area contributed by atoms with Crippen LogP contribution in [0.5, 0.6) is 17.2 Å². The number of anilines is 3. The lowest BCUT2D eigenvalue weighted by Gasteiger charge is -2.26. The fourth-order valence-electron chi connectivity index (χ4n) is 4.55. The summed E-state index contributed by atoms with van der Waals surface area (Å²) in [6, 6.07) is 17.0. The Morgan fingerprint density at radius 3 is 2.11 bits per heavy atom. The molecular weight excluding hydrogens is 506 g/mol. The summed E-state index contributed by atoms with van der Waals surface area (Å²) in [6.07, 6.45) is 2.05. The Balaban J connectivity index is 0.00000400. The molecule has 0 fully saturated rings. The first-order valence-electron chi connectivity index (χ1n) is 12.3. The molecule has 3 aromatic carbocycles. The van der Waals surface area contributed by atoms with E-state index in [2.05, 4.69) is 11.4 Å². The number of aryl methyl sites for hydroxylation is 2. The number of carbonyl (C=O) groups is 2. The summed E-state index contributed by atoms with van der Waals surface area (Å²) in [5, 5.41) is 2.97. The first-order chi connectivity index (χ1) is 17.9. The van der Waals surface area contributed by atoms with Crippen molar-refractivity contribution in [3.05, 3.63) is 71.3 Å². The van der Waals surface area contributed by atoms with Crippen LogP contribution in [-0.4, -0.2) is 53.8 Å². The van der Waals surface area contributed by atoms with Gasteiger partial charge in [0.05, 0.1) is 59.8 Å². The average Bonchev–Trinajstić information content (AvgIpc) is 3.07. The number of quaternary nitrogens is 1. The van der Waals surface area contributed by atoms with Gasteiger partial charge in [0.1, 0.15) is 0 Å². The standard InChI is InChI=1S/C29H33N3O5.ClH/c1-31(2)15-14-27(33)32-23-9-7-6-8-19(23)10-11-20-12-13-22(18-24(20)32)30-29(34)21-16-25(35-3)28(37-5)26(17-21)36-4;/h6-9,12-13,16-18H,10-11,14-15H2,1-5H3,(H,30,34);1H. The van der Waals surface area contributed by atoms with Gasteiger partial charge in [-0.2, -0.15) is 0 Å². The van der Waals surface area contributed by atoms with E-state index in [1.807, 2.05) is 55.4 Å². The highest BCUT2D eigenvalue weighted by molar-refractivity contribution is 6.07. The van der Waals surface area contributed by atoms with Gasteiger partial charge in [0, 0.05) is 11.3 Å². The number of amides is 2. The Hall–Kier alpha value is -3.75. The quantitative estimate of drug-likeness (QED) is 0.429. The number of nitrogens with one attached hydrogen (secondary N) is 2. The van der Waals surface area contributed by atoms with Crippen molar-refractivity contribution in [3.63, 3.8) is 0 Å². The molecule has 1 heterocycles. The maximum Gasteiger partial charge on any atom is 0.255 e. The van der Waals surface area contributed by atoms with Gasteiger partial charge in [-0.1, -0.05) is 24.3 Å². The lowest BCUT2D eigenvalue weighted by Crippen LogP contribution is -3.05. The van der Waals surface area contributed by atoms with Crippen LogP contribution in [-0.2, 0) is 17.6 Å². The maximum absolute atomic E-state index is 13.5. The maximum atomic E-state index is 13.5. The van der Waals surface area contributed by atoms with Crippen molar-refractivity contribution < 1.29 is 41.1 Å². The molecule has 0 aliphatic carbocycles. The number of para-hydroxylation sites is 1. The summed E-state index contributed by atoms with van der Waals surface area (Å²) in [4.78, 5) is 29.8. The molecule has 0 bridgehead atoms. The lowest BCUT2D eigenvalue weighted by atomic mass is 10.0. The highest BCUT2D eigenvalue weighted by Gasteiger charge is 2.27. The van der Waals surface area contributed by atoms with Crippen molar-refractivity contribution in [2.45, 2.75) is 19.3 Å². The number of rotatable bonds is 8. The minimum atomic E-state index is -0.331. The number of halogens is 1. The molecule has 0 aromatic heterocycles. The molecule has 0 atom stereocenters. The van der Waals surface area contributed by atoms with Gasteiger partial charge in [0.2, 0.25) is 11.7 Å². The van der Waals surface area contributed by atoms with Crippen LogP contribution in [0.15, 0.2) is 54.6 Å². The first kappa shape index (κ1) is 28.8. The van der Waals surface area contributed by atoms with E-state index in [1.165, 1.54) is 26.2 Å². The van der Waals surface area contributed by atoms with Gasteiger partial charge in [-0.3, -0.25) is 14.5 Å². The van der Waals surface area contributed by atoms with E-state index < -0.39 is 0 Å². The van der Waals surface area contributed by atoms with Crippen molar-refractivity contribution in [2.24, 2.45) is 0 Å². The summed E-state index contributed by atoms with van der Waals surface area (Å²) in [5.74, 6) is 0.904. The molecule has 3 aromatic rings. The molecule has 38 heavy (non-hydrogen) atoms. The van der Waals surface area contributed by atoms with Gasteiger partial charge in [0.15, 0.2) is 11.5 Å². The highest BCUT2D eigenvalue weighted by atomic mass is 35.5. The second-order valence-corrected chi connectivity index (χ2v) is 9.28. The third-order valence-corrected chi connectivity index (χ3v) is 6.50. The summed E-state index contributed by atoms with van der Waals surface area (Å²) in [7, 11) is 8.60. The molecule has 0 unspecified atom stereocenters. The Labute approximate surface area is 229 Å². The van der Waals surface area contributed by atoms with Crippen LogP contribution in [0.25, 0.3) is 0 Å². The van der Waals surface area contributed by atoms with E-state index in [1.54, 1.807) is 12.1 Å². The molecular formula is C29H34ClN3O5. The van der Waals surface area contributed by atoms with Crippen LogP contribution in [0, 0.1) is 0 Å². The normalized spacial score (nSPS) is 12.0. The number of fused-ring (bicyclic) bond motifs is 2. The Morgan fingerprint density at radius 2 is 1.50 bits per heavy atom. The van der Waals surface area contributed by atoms with Gasteiger partial charge in [-0.05, 0) is 54.3 Å². The minimum Gasteiger partial charge on any atom is -1.00 e. The summed E-state index contributed by atoms with van der Waals surface area (Å²) >= 11 is 0. The van der Waals surface area contributed by atoms with Crippen molar-refractivity contribution in [2.75, 3.05) is 52.2 Å². The van der Waals surface area contributed by atoms with Crippen molar-refractivity contribution in [1.29, 1.82) is 0 Å². The molecule has 4 rings (SSSR count). The number of hydrogen-bond donors (Lipinski definition) is 2. The van der Waals surface area contributed by atoms with E-state index in [0.717, 1.165) is 41.9 Å². The van der Waals surface area contributed by atoms with E-state index in [4.69, 9.17) is 14.2 Å². The van der Waals surface area contributed by atoms with Gasteiger partial charge >= 0.3 is 0 Å². The number of ether oxygens (including phenoxy) is 3. The van der Waals surface area contributed by atoms with Crippen LogP contribution in [0.3, 0.4) is 0 Å². The van der Waals surface area contributed by atoms with Crippen LogP contribution in [0.2, 0.25) is 0 Å². The third kappa shape index (κ3) is 6.03. The van der Waals surface area contributed by atoms with Crippen molar-refractivity contribution in [1.82, 2.24) is 0 Å². The minimum absolute atomic E-state index is 0. The van der Waals surface area contributed by atoms with Crippen LogP contribution >= 0.6 is 0 Å². The smallest absolute Gasteiger partial charge is 0.255 e. The van der Waals surface area contributed by atoms with Crippen LogP contribution in [0.4, 0.5) is 17.1 Å². The van der Waals surface area contributed by atoms with Crippen LogP contribution in [0.1, 0.15) is 27.9 Å². The molecule has 9 heteroatoms. The van der Waals surface area contributed by atoms with Gasteiger partial charge in [0.25, 0.3) is 5.91 Å². The molecule has 1 aliphatic heterocycles. The fraction of sp³-hybridized carbons (Fsp3) is 0.310. The predicted octanol–water partition coefficient (Wildman–Crippen LogP) is 0.267. The first-order valence-corrected chi connectivity index (χ1v) is 12.3.